The first kappa shape index (κ1) is 10.7. The van der Waals surface area contributed by atoms with E-state index in [2.05, 4.69) is 12.1 Å². The second-order valence-corrected chi connectivity index (χ2v) is 6.28. The molecule has 0 amide bonds. The molecular weight excluding hydrogens is 304 g/mol. The first-order valence-corrected chi connectivity index (χ1v) is 7.22. The van der Waals surface area contributed by atoms with E-state index < -0.39 is 20.4 Å². The Labute approximate surface area is 98.5 Å². The first-order valence-electron chi connectivity index (χ1n) is 4.89. The van der Waals surface area contributed by atoms with E-state index in [-0.39, 0.29) is 5.97 Å². The molecular formula is C12H12O2Te. The van der Waals surface area contributed by atoms with Crippen molar-refractivity contribution < 1.29 is 9.53 Å². The van der Waals surface area contributed by atoms with Crippen molar-refractivity contribution in [3.63, 3.8) is 0 Å². The van der Waals surface area contributed by atoms with E-state index >= 15 is 0 Å². The molecule has 2 rings (SSSR count). The maximum atomic E-state index is 11.7. The summed E-state index contributed by atoms with van der Waals surface area (Å²) in [5.74, 6) is -0.117. The molecule has 2 aromatic rings. The van der Waals surface area contributed by atoms with Crippen molar-refractivity contribution in [2.75, 3.05) is 6.61 Å². The third-order valence-corrected chi connectivity index (χ3v) is 5.88. The molecule has 0 aliphatic rings. The molecule has 0 saturated carbocycles. The van der Waals surface area contributed by atoms with E-state index in [1.54, 1.807) is 0 Å². The summed E-state index contributed by atoms with van der Waals surface area (Å²) in [6.45, 7) is 4.32. The number of carbonyl (C=O) groups excluding carboxylic acids is 1. The summed E-state index contributed by atoms with van der Waals surface area (Å²) in [6.07, 6.45) is 0. The van der Waals surface area contributed by atoms with Gasteiger partial charge in [0, 0.05) is 0 Å². The Hall–Kier alpha value is -0.780. The molecule has 1 aromatic heterocycles. The summed E-state index contributed by atoms with van der Waals surface area (Å²) < 4.78 is 7.35. The van der Waals surface area contributed by atoms with Crippen LogP contribution in [0.15, 0.2) is 24.3 Å². The van der Waals surface area contributed by atoms with Crippen LogP contribution in [-0.2, 0) is 4.74 Å². The number of ether oxygens (including phenoxy) is 1. The van der Waals surface area contributed by atoms with E-state index in [1.807, 2.05) is 26.0 Å². The topological polar surface area (TPSA) is 26.3 Å². The van der Waals surface area contributed by atoms with Gasteiger partial charge < -0.3 is 0 Å². The summed E-state index contributed by atoms with van der Waals surface area (Å²) >= 11 is -0.520. The zero-order valence-corrected chi connectivity index (χ0v) is 11.1. The average molecular weight is 316 g/mol. The van der Waals surface area contributed by atoms with Crippen molar-refractivity contribution in [1.82, 2.24) is 0 Å². The van der Waals surface area contributed by atoms with Gasteiger partial charge >= 0.3 is 98.6 Å². The molecule has 0 unspecified atom stereocenters. The van der Waals surface area contributed by atoms with Gasteiger partial charge in [0.2, 0.25) is 0 Å². The number of hydrogen-bond acceptors (Lipinski definition) is 2. The zero-order valence-electron chi connectivity index (χ0n) is 8.74. The SMILES string of the molecule is CCOC(=O)c1[te]c2ccccc2c1C. The number of benzene rings is 1. The van der Waals surface area contributed by atoms with Gasteiger partial charge in [-0.05, 0) is 0 Å². The van der Waals surface area contributed by atoms with Crippen LogP contribution in [0.4, 0.5) is 0 Å². The Balaban J connectivity index is 2.53. The molecule has 0 bridgehead atoms. The van der Waals surface area contributed by atoms with Crippen LogP contribution >= 0.6 is 0 Å². The number of hydrogen-bond donors (Lipinski definition) is 0. The van der Waals surface area contributed by atoms with Crippen LogP contribution in [-0.4, -0.2) is 33.0 Å². The Morgan fingerprint density at radius 3 is 2.80 bits per heavy atom. The van der Waals surface area contributed by atoms with E-state index in [9.17, 15) is 4.79 Å². The summed E-state index contributed by atoms with van der Waals surface area (Å²) in [6, 6.07) is 8.25. The van der Waals surface area contributed by atoms with Gasteiger partial charge in [-0.2, -0.15) is 0 Å². The van der Waals surface area contributed by atoms with Gasteiger partial charge in [0.25, 0.3) is 0 Å². The Bertz CT molecular complexity index is 499. The van der Waals surface area contributed by atoms with Crippen LogP contribution < -0.4 is 0 Å². The zero-order chi connectivity index (χ0) is 10.8. The number of esters is 1. The van der Waals surface area contributed by atoms with Gasteiger partial charge in [-0.15, -0.1) is 0 Å². The standard InChI is InChI=1S/C12H12O2Te/c1-3-14-12(13)11-8(2)9-6-4-5-7-10(9)15-11/h4-7H,3H2,1-2H3. The van der Waals surface area contributed by atoms with Crippen LogP contribution in [0.25, 0.3) is 8.79 Å². The quantitative estimate of drug-likeness (QED) is 0.628. The number of fused-ring (bicyclic) bond motifs is 1. The van der Waals surface area contributed by atoms with Crippen LogP contribution in [0.3, 0.4) is 0 Å². The molecule has 0 fully saturated rings. The minimum absolute atomic E-state index is 0.117. The van der Waals surface area contributed by atoms with Gasteiger partial charge in [-0.3, -0.25) is 0 Å². The molecule has 1 heterocycles. The van der Waals surface area contributed by atoms with Crippen molar-refractivity contribution in [3.05, 3.63) is 33.4 Å². The molecule has 3 heteroatoms. The molecule has 0 N–H and O–H groups in total. The monoisotopic (exact) mass is 318 g/mol. The second kappa shape index (κ2) is 4.38. The predicted octanol–water partition coefficient (Wildman–Crippen LogP) is 2.38. The predicted molar refractivity (Wildman–Crippen MR) is 61.6 cm³/mol. The van der Waals surface area contributed by atoms with Crippen LogP contribution in [0, 0.1) is 6.92 Å². The van der Waals surface area contributed by atoms with Gasteiger partial charge in [-0.25, -0.2) is 0 Å². The fraction of sp³-hybridized carbons (Fsp3) is 0.250. The third kappa shape index (κ3) is 1.95. The van der Waals surface area contributed by atoms with E-state index in [0.29, 0.717) is 6.61 Å². The molecule has 78 valence electrons. The van der Waals surface area contributed by atoms with Gasteiger partial charge in [0.1, 0.15) is 0 Å². The van der Waals surface area contributed by atoms with Crippen molar-refractivity contribution >= 4 is 35.2 Å². The van der Waals surface area contributed by atoms with Crippen LogP contribution in [0.2, 0.25) is 0 Å². The van der Waals surface area contributed by atoms with E-state index in [4.69, 9.17) is 4.74 Å². The van der Waals surface area contributed by atoms with Crippen LogP contribution in [0.5, 0.6) is 0 Å². The summed E-state index contributed by atoms with van der Waals surface area (Å²) in [4.78, 5) is 11.7. The Morgan fingerprint density at radius 2 is 2.13 bits per heavy atom. The molecule has 15 heavy (non-hydrogen) atoms. The Morgan fingerprint density at radius 1 is 1.40 bits per heavy atom. The number of aryl methyl sites for hydroxylation is 1. The van der Waals surface area contributed by atoms with Gasteiger partial charge in [0.05, 0.1) is 0 Å². The molecule has 1 aromatic carbocycles. The van der Waals surface area contributed by atoms with Gasteiger partial charge in [0.15, 0.2) is 0 Å². The fourth-order valence-corrected chi connectivity index (χ4v) is 4.71. The van der Waals surface area contributed by atoms with Crippen molar-refractivity contribution in [2.24, 2.45) is 0 Å². The third-order valence-electron chi connectivity index (χ3n) is 2.30. The van der Waals surface area contributed by atoms with Crippen molar-refractivity contribution in [2.45, 2.75) is 13.8 Å². The maximum absolute atomic E-state index is 11.7. The number of carbonyl (C=O) groups is 1. The molecule has 0 aliphatic heterocycles. The molecule has 0 atom stereocenters. The summed E-state index contributed by atoms with van der Waals surface area (Å²) in [5, 5.41) is 1.24. The van der Waals surface area contributed by atoms with E-state index in [1.165, 1.54) is 8.79 Å². The van der Waals surface area contributed by atoms with Crippen molar-refractivity contribution in [1.29, 1.82) is 0 Å². The summed E-state index contributed by atoms with van der Waals surface area (Å²) in [7, 11) is 0. The van der Waals surface area contributed by atoms with Crippen molar-refractivity contribution in [3.8, 4) is 0 Å². The first-order chi connectivity index (χ1) is 7.24. The molecule has 0 saturated heterocycles. The van der Waals surface area contributed by atoms with Gasteiger partial charge in [-0.1, -0.05) is 0 Å². The minimum atomic E-state index is -0.520. The van der Waals surface area contributed by atoms with Crippen LogP contribution in [0.1, 0.15) is 20.9 Å². The second-order valence-electron chi connectivity index (χ2n) is 3.27. The molecule has 2 nitrogen and oxygen atoms in total. The molecule has 0 radical (unpaired) electrons. The average Bonchev–Trinajstić information content (AvgIpc) is 2.57. The normalized spacial score (nSPS) is 10.5. The Kier molecular flexibility index (Phi) is 3.14. The summed E-state index contributed by atoms with van der Waals surface area (Å²) in [5.41, 5.74) is 1.12. The fourth-order valence-electron chi connectivity index (χ4n) is 1.57. The number of rotatable bonds is 2. The molecule has 0 aliphatic carbocycles. The molecule has 0 spiro atoms. The van der Waals surface area contributed by atoms with E-state index in [0.717, 1.165) is 9.14 Å².